The van der Waals surface area contributed by atoms with E-state index in [2.05, 4.69) is 13.8 Å². The Kier molecular flexibility index (Phi) is 17.0. The molecule has 0 N–H and O–H groups in total. The lowest BCUT2D eigenvalue weighted by molar-refractivity contribution is -0.156. The van der Waals surface area contributed by atoms with Crippen LogP contribution in [0.4, 0.5) is 0 Å². The average Bonchev–Trinajstić information content (AvgIpc) is 2.67. The first kappa shape index (κ1) is 29.4. The number of nitrogens with zero attached hydrogens (tertiary/aromatic N) is 1. The van der Waals surface area contributed by atoms with Crippen LogP contribution in [0.3, 0.4) is 0 Å². The molecule has 0 radical (unpaired) electrons. The minimum absolute atomic E-state index is 0.133. The summed E-state index contributed by atoms with van der Waals surface area (Å²) in [6.45, 7) is 11.9. The van der Waals surface area contributed by atoms with Crippen molar-refractivity contribution >= 4 is 17.9 Å². The van der Waals surface area contributed by atoms with E-state index in [0.717, 1.165) is 38.5 Å². The van der Waals surface area contributed by atoms with Crippen LogP contribution in [0.5, 0.6) is 0 Å². The van der Waals surface area contributed by atoms with Crippen molar-refractivity contribution in [1.29, 1.82) is 0 Å². The Morgan fingerprint density at radius 2 is 1.13 bits per heavy atom. The maximum atomic E-state index is 12.2. The molecule has 0 rings (SSSR count). The van der Waals surface area contributed by atoms with Gasteiger partial charge < -0.3 is 14.2 Å². The van der Waals surface area contributed by atoms with Crippen LogP contribution in [0.1, 0.15) is 98.8 Å². The van der Waals surface area contributed by atoms with Crippen LogP contribution in [0, 0.1) is 0 Å². The van der Waals surface area contributed by atoms with E-state index in [9.17, 15) is 14.4 Å². The van der Waals surface area contributed by atoms with Crippen LogP contribution in [0.25, 0.3) is 0 Å². The molecule has 0 saturated heterocycles. The Morgan fingerprint density at radius 1 is 0.677 bits per heavy atom. The second-order valence-corrected chi connectivity index (χ2v) is 8.92. The van der Waals surface area contributed by atoms with E-state index in [1.54, 1.807) is 0 Å². The molecule has 0 unspecified atom stereocenters. The Bertz CT molecular complexity index is 471. The molecule has 182 valence electrons. The number of unbranched alkanes of at least 4 members (excludes halogenated alkanes) is 4. The van der Waals surface area contributed by atoms with Crippen LogP contribution in [0.2, 0.25) is 0 Å². The van der Waals surface area contributed by atoms with Gasteiger partial charge in [0.1, 0.15) is 5.60 Å². The smallest absolute Gasteiger partial charge is 0.320 e. The molecule has 0 heterocycles. The summed E-state index contributed by atoms with van der Waals surface area (Å²) in [5, 5.41) is 0. The number of rotatable bonds is 18. The lowest BCUT2D eigenvalue weighted by atomic mass is 10.2. The molecule has 0 aliphatic carbocycles. The lowest BCUT2D eigenvalue weighted by Crippen LogP contribution is -2.36. The molecule has 0 aromatic heterocycles. The SMILES string of the molecule is CCCCCOC(=O)CCCN(CCCC(=O)OCCCCC)CC(=O)OC(C)(C)C. The number of hydrogen-bond donors (Lipinski definition) is 0. The van der Waals surface area contributed by atoms with Gasteiger partial charge in [-0.25, -0.2) is 0 Å². The van der Waals surface area contributed by atoms with Crippen molar-refractivity contribution in [3.8, 4) is 0 Å². The average molecular weight is 444 g/mol. The fourth-order valence-corrected chi connectivity index (χ4v) is 2.94. The molecule has 0 aromatic rings. The van der Waals surface area contributed by atoms with Crippen molar-refractivity contribution < 1.29 is 28.6 Å². The number of carbonyl (C=O) groups is 3. The van der Waals surface area contributed by atoms with E-state index in [0.29, 0.717) is 52.0 Å². The summed E-state index contributed by atoms with van der Waals surface area (Å²) in [4.78, 5) is 37.9. The predicted octanol–water partition coefficient (Wildman–Crippen LogP) is 4.66. The molecule has 0 bridgehead atoms. The van der Waals surface area contributed by atoms with Gasteiger partial charge in [-0.1, -0.05) is 39.5 Å². The summed E-state index contributed by atoms with van der Waals surface area (Å²) in [6.07, 6.45) is 7.88. The highest BCUT2D eigenvalue weighted by Gasteiger charge is 2.19. The molecular formula is C24H45NO6. The van der Waals surface area contributed by atoms with Crippen molar-refractivity contribution in [2.24, 2.45) is 0 Å². The highest BCUT2D eigenvalue weighted by atomic mass is 16.6. The summed E-state index contributed by atoms with van der Waals surface area (Å²) in [5.74, 6) is -0.718. The quantitative estimate of drug-likeness (QED) is 0.173. The zero-order chi connectivity index (χ0) is 23.5. The van der Waals surface area contributed by atoms with E-state index < -0.39 is 5.60 Å². The van der Waals surface area contributed by atoms with Crippen molar-refractivity contribution in [2.45, 2.75) is 104 Å². The Morgan fingerprint density at radius 3 is 1.52 bits per heavy atom. The Labute approximate surface area is 189 Å². The summed E-state index contributed by atoms with van der Waals surface area (Å²) in [6, 6.07) is 0. The Balaban J connectivity index is 4.37. The molecule has 31 heavy (non-hydrogen) atoms. The van der Waals surface area contributed by atoms with Gasteiger partial charge in [-0.15, -0.1) is 0 Å². The maximum Gasteiger partial charge on any atom is 0.320 e. The highest BCUT2D eigenvalue weighted by molar-refractivity contribution is 5.72. The molecule has 7 heteroatoms. The number of hydrogen-bond acceptors (Lipinski definition) is 7. The normalized spacial score (nSPS) is 11.4. The molecule has 0 saturated carbocycles. The first-order valence-electron chi connectivity index (χ1n) is 11.9. The summed E-state index contributed by atoms with van der Waals surface area (Å²) in [7, 11) is 0. The fourth-order valence-electron chi connectivity index (χ4n) is 2.94. The van der Waals surface area contributed by atoms with Crippen LogP contribution in [0.15, 0.2) is 0 Å². The molecule has 0 aliphatic heterocycles. The van der Waals surface area contributed by atoms with Crippen LogP contribution < -0.4 is 0 Å². The maximum absolute atomic E-state index is 12.2. The fraction of sp³-hybridized carbons (Fsp3) is 0.875. The summed E-state index contributed by atoms with van der Waals surface area (Å²) in [5.41, 5.74) is -0.548. The number of ether oxygens (including phenoxy) is 3. The van der Waals surface area contributed by atoms with Gasteiger partial charge >= 0.3 is 17.9 Å². The third kappa shape index (κ3) is 20.0. The molecule has 0 amide bonds. The van der Waals surface area contributed by atoms with Gasteiger partial charge in [0.15, 0.2) is 0 Å². The van der Waals surface area contributed by atoms with Crippen molar-refractivity contribution in [3.05, 3.63) is 0 Å². The lowest BCUT2D eigenvalue weighted by Gasteiger charge is -2.25. The molecular weight excluding hydrogens is 398 g/mol. The van der Waals surface area contributed by atoms with Gasteiger partial charge in [0, 0.05) is 12.8 Å². The van der Waals surface area contributed by atoms with E-state index in [4.69, 9.17) is 14.2 Å². The largest absolute Gasteiger partial charge is 0.466 e. The van der Waals surface area contributed by atoms with Crippen LogP contribution >= 0.6 is 0 Å². The Hall–Kier alpha value is -1.63. The number of carbonyl (C=O) groups excluding carboxylic acids is 3. The van der Waals surface area contributed by atoms with Crippen LogP contribution in [-0.2, 0) is 28.6 Å². The first-order chi connectivity index (χ1) is 14.7. The molecule has 0 aromatic carbocycles. The number of esters is 3. The predicted molar refractivity (Wildman–Crippen MR) is 122 cm³/mol. The van der Waals surface area contributed by atoms with E-state index in [-0.39, 0.29) is 24.5 Å². The van der Waals surface area contributed by atoms with E-state index in [1.807, 2.05) is 25.7 Å². The van der Waals surface area contributed by atoms with Gasteiger partial charge in [-0.05, 0) is 59.5 Å². The first-order valence-corrected chi connectivity index (χ1v) is 11.9. The summed E-state index contributed by atoms with van der Waals surface area (Å²) < 4.78 is 15.9. The molecule has 0 fully saturated rings. The van der Waals surface area contributed by atoms with Crippen molar-refractivity contribution in [3.63, 3.8) is 0 Å². The summed E-state index contributed by atoms with van der Waals surface area (Å²) >= 11 is 0. The molecule has 0 aliphatic rings. The van der Waals surface area contributed by atoms with Crippen molar-refractivity contribution in [2.75, 3.05) is 32.8 Å². The standard InChI is InChI=1S/C24H45NO6/c1-6-8-10-18-29-21(26)14-12-16-25(20-23(28)31-24(3,4)5)17-13-15-22(27)30-19-11-9-7-2/h6-20H2,1-5H3. The zero-order valence-electron chi connectivity index (χ0n) is 20.5. The topological polar surface area (TPSA) is 82.1 Å². The minimum atomic E-state index is -0.548. The van der Waals surface area contributed by atoms with Crippen LogP contribution in [-0.4, -0.2) is 61.3 Å². The molecule has 7 nitrogen and oxygen atoms in total. The monoisotopic (exact) mass is 443 g/mol. The van der Waals surface area contributed by atoms with Gasteiger partial charge in [-0.3, -0.25) is 19.3 Å². The second kappa shape index (κ2) is 18.0. The molecule has 0 spiro atoms. The van der Waals surface area contributed by atoms with E-state index in [1.165, 1.54) is 0 Å². The van der Waals surface area contributed by atoms with E-state index >= 15 is 0 Å². The van der Waals surface area contributed by atoms with Crippen molar-refractivity contribution in [1.82, 2.24) is 4.90 Å². The van der Waals surface area contributed by atoms with Gasteiger partial charge in [0.05, 0.1) is 19.8 Å². The van der Waals surface area contributed by atoms with Gasteiger partial charge in [0.2, 0.25) is 0 Å². The zero-order valence-corrected chi connectivity index (χ0v) is 20.5. The minimum Gasteiger partial charge on any atom is -0.466 e. The second-order valence-electron chi connectivity index (χ2n) is 8.92. The third-order valence-corrected chi connectivity index (χ3v) is 4.51. The third-order valence-electron chi connectivity index (χ3n) is 4.51. The molecule has 0 atom stereocenters. The van der Waals surface area contributed by atoms with Gasteiger partial charge in [0.25, 0.3) is 0 Å². The van der Waals surface area contributed by atoms with Gasteiger partial charge in [-0.2, -0.15) is 0 Å². The highest BCUT2D eigenvalue weighted by Crippen LogP contribution is 2.09.